The van der Waals surface area contributed by atoms with E-state index in [2.05, 4.69) is 15.4 Å². The lowest BCUT2D eigenvalue weighted by Crippen LogP contribution is -2.36. The summed E-state index contributed by atoms with van der Waals surface area (Å²) in [5.74, 6) is 0.763. The van der Waals surface area contributed by atoms with Crippen LogP contribution in [-0.2, 0) is 27.9 Å². The molecule has 11 heteroatoms. The van der Waals surface area contributed by atoms with Crippen LogP contribution in [0.4, 0.5) is 0 Å². The quantitative estimate of drug-likeness (QED) is 0.431. The van der Waals surface area contributed by atoms with E-state index in [0.29, 0.717) is 22.8 Å². The van der Waals surface area contributed by atoms with Gasteiger partial charge >= 0.3 is 0 Å². The van der Waals surface area contributed by atoms with Crippen LogP contribution in [-0.4, -0.2) is 33.6 Å². The van der Waals surface area contributed by atoms with E-state index >= 15 is 0 Å². The van der Waals surface area contributed by atoms with E-state index in [9.17, 15) is 18.0 Å². The van der Waals surface area contributed by atoms with Gasteiger partial charge in [-0.05, 0) is 48.0 Å². The molecule has 0 bridgehead atoms. The van der Waals surface area contributed by atoms with Gasteiger partial charge in [0.25, 0.3) is 5.91 Å². The molecular formula is C22H21N3O7S. The smallest absolute Gasteiger partial charge is 0.251 e. The Morgan fingerprint density at radius 1 is 0.909 bits per heavy atom. The number of carbonyl (C=O) groups excluding carboxylic acids is 2. The molecule has 4 rings (SSSR count). The van der Waals surface area contributed by atoms with Crippen molar-refractivity contribution in [2.75, 3.05) is 13.3 Å². The van der Waals surface area contributed by atoms with Gasteiger partial charge in [0.1, 0.15) is 5.76 Å². The van der Waals surface area contributed by atoms with Crippen LogP contribution in [0.15, 0.2) is 70.2 Å². The average molecular weight is 471 g/mol. The standard InChI is InChI=1S/C22H21N3O7S/c26-21(23-12-17-4-2-8-30-17)13-24-22(27)16-3-1-5-18(10-16)33(28,29)25-11-15-6-7-19-20(9-15)32-14-31-19/h1-10,25H,11-14H2,(H,23,26)(H,24,27). The largest absolute Gasteiger partial charge is 0.467 e. The minimum absolute atomic E-state index is 0.0330. The van der Waals surface area contributed by atoms with E-state index in [-0.39, 0.29) is 36.9 Å². The number of hydrogen-bond acceptors (Lipinski definition) is 7. The lowest BCUT2D eigenvalue weighted by molar-refractivity contribution is -0.120. The molecule has 1 aromatic heterocycles. The fourth-order valence-electron chi connectivity index (χ4n) is 3.04. The molecule has 2 aromatic carbocycles. The van der Waals surface area contributed by atoms with Crippen LogP contribution in [0.25, 0.3) is 0 Å². The second-order valence-electron chi connectivity index (χ2n) is 7.08. The summed E-state index contributed by atoms with van der Waals surface area (Å²) in [5, 5.41) is 5.07. The van der Waals surface area contributed by atoms with Gasteiger partial charge in [0, 0.05) is 12.1 Å². The minimum Gasteiger partial charge on any atom is -0.467 e. The molecule has 172 valence electrons. The van der Waals surface area contributed by atoms with Crippen LogP contribution in [0.5, 0.6) is 11.5 Å². The number of sulfonamides is 1. The molecule has 0 fully saturated rings. The summed E-state index contributed by atoms with van der Waals surface area (Å²) in [7, 11) is -3.89. The Labute approximate surface area is 189 Å². The predicted octanol–water partition coefficient (Wildman–Crippen LogP) is 1.53. The highest BCUT2D eigenvalue weighted by Gasteiger charge is 2.18. The summed E-state index contributed by atoms with van der Waals surface area (Å²) in [6.45, 7) is 0.0968. The lowest BCUT2D eigenvalue weighted by Gasteiger charge is -2.10. The lowest BCUT2D eigenvalue weighted by atomic mass is 10.2. The van der Waals surface area contributed by atoms with E-state index in [1.807, 2.05) is 0 Å². The molecule has 33 heavy (non-hydrogen) atoms. The molecule has 10 nitrogen and oxygen atoms in total. The summed E-state index contributed by atoms with van der Waals surface area (Å²) in [4.78, 5) is 24.2. The molecule has 0 radical (unpaired) electrons. The van der Waals surface area contributed by atoms with Crippen molar-refractivity contribution in [2.24, 2.45) is 0 Å². The summed E-state index contributed by atoms with van der Waals surface area (Å²) >= 11 is 0. The van der Waals surface area contributed by atoms with Crippen molar-refractivity contribution in [3.63, 3.8) is 0 Å². The van der Waals surface area contributed by atoms with Crippen molar-refractivity contribution < 1.29 is 31.9 Å². The Bertz CT molecular complexity index is 1260. The fraction of sp³-hybridized carbons (Fsp3) is 0.182. The maximum absolute atomic E-state index is 12.7. The maximum Gasteiger partial charge on any atom is 0.251 e. The van der Waals surface area contributed by atoms with E-state index in [4.69, 9.17) is 13.9 Å². The van der Waals surface area contributed by atoms with Gasteiger partial charge in [-0.3, -0.25) is 9.59 Å². The third-order valence-corrected chi connectivity index (χ3v) is 6.16. The van der Waals surface area contributed by atoms with E-state index < -0.39 is 21.8 Å². The first kappa shape index (κ1) is 22.4. The number of carbonyl (C=O) groups is 2. The summed E-state index contributed by atoms with van der Waals surface area (Å²) in [5.41, 5.74) is 0.803. The molecule has 1 aliphatic rings. The molecule has 0 atom stereocenters. The first-order chi connectivity index (χ1) is 15.9. The second kappa shape index (κ2) is 9.76. The molecule has 0 saturated carbocycles. The molecule has 2 amide bonds. The number of hydrogen-bond donors (Lipinski definition) is 3. The van der Waals surface area contributed by atoms with Crippen LogP contribution in [0.2, 0.25) is 0 Å². The molecular weight excluding hydrogens is 450 g/mol. The predicted molar refractivity (Wildman–Crippen MR) is 116 cm³/mol. The third kappa shape index (κ3) is 5.70. The Morgan fingerprint density at radius 2 is 1.76 bits per heavy atom. The van der Waals surface area contributed by atoms with Crippen molar-refractivity contribution >= 4 is 21.8 Å². The topological polar surface area (TPSA) is 136 Å². The van der Waals surface area contributed by atoms with Crippen molar-refractivity contribution in [1.82, 2.24) is 15.4 Å². The van der Waals surface area contributed by atoms with Crippen molar-refractivity contribution in [2.45, 2.75) is 18.0 Å². The molecule has 3 N–H and O–H groups in total. The first-order valence-electron chi connectivity index (χ1n) is 9.96. The van der Waals surface area contributed by atoms with Crippen LogP contribution >= 0.6 is 0 Å². The van der Waals surface area contributed by atoms with E-state index in [1.165, 1.54) is 30.5 Å². The first-order valence-corrected chi connectivity index (χ1v) is 11.4. The number of rotatable bonds is 9. The maximum atomic E-state index is 12.7. The fourth-order valence-corrected chi connectivity index (χ4v) is 4.10. The SMILES string of the molecule is O=C(CNC(=O)c1cccc(S(=O)(=O)NCc2ccc3c(c2)OCO3)c1)NCc1ccco1. The number of benzene rings is 2. The molecule has 0 aliphatic carbocycles. The van der Waals surface area contributed by atoms with Crippen molar-refractivity contribution in [3.8, 4) is 11.5 Å². The number of furan rings is 1. The summed E-state index contributed by atoms with van der Waals surface area (Å²) in [6.07, 6.45) is 1.49. The number of fused-ring (bicyclic) bond motifs is 1. The molecule has 2 heterocycles. The Kier molecular flexibility index (Phi) is 6.61. The summed E-state index contributed by atoms with van der Waals surface area (Å²) in [6, 6.07) is 14.1. The normalized spacial score (nSPS) is 12.4. The highest BCUT2D eigenvalue weighted by Crippen LogP contribution is 2.32. The van der Waals surface area contributed by atoms with Crippen molar-refractivity contribution in [3.05, 3.63) is 77.7 Å². The van der Waals surface area contributed by atoms with Gasteiger partial charge in [0.2, 0.25) is 22.7 Å². The molecule has 0 saturated heterocycles. The van der Waals surface area contributed by atoms with Gasteiger partial charge in [0.05, 0.1) is 24.2 Å². The van der Waals surface area contributed by atoms with Gasteiger partial charge < -0.3 is 24.5 Å². The zero-order valence-electron chi connectivity index (χ0n) is 17.4. The number of ether oxygens (including phenoxy) is 2. The highest BCUT2D eigenvalue weighted by molar-refractivity contribution is 7.89. The molecule has 1 aliphatic heterocycles. The average Bonchev–Trinajstić information content (AvgIpc) is 3.51. The van der Waals surface area contributed by atoms with E-state index in [1.54, 1.807) is 30.3 Å². The van der Waals surface area contributed by atoms with Crippen LogP contribution in [0, 0.1) is 0 Å². The van der Waals surface area contributed by atoms with Gasteiger partial charge in [-0.15, -0.1) is 0 Å². The number of nitrogens with one attached hydrogen (secondary N) is 3. The Morgan fingerprint density at radius 3 is 2.58 bits per heavy atom. The van der Waals surface area contributed by atoms with Crippen LogP contribution < -0.4 is 24.8 Å². The third-order valence-electron chi connectivity index (χ3n) is 4.76. The zero-order valence-corrected chi connectivity index (χ0v) is 18.2. The van der Waals surface area contributed by atoms with Gasteiger partial charge in [0.15, 0.2) is 11.5 Å². The number of amides is 2. The Hall–Kier alpha value is -3.83. The monoisotopic (exact) mass is 471 g/mol. The second-order valence-corrected chi connectivity index (χ2v) is 8.85. The van der Waals surface area contributed by atoms with E-state index in [0.717, 1.165) is 0 Å². The zero-order chi connectivity index (χ0) is 23.3. The minimum atomic E-state index is -3.89. The Balaban J connectivity index is 1.32. The molecule has 0 unspecified atom stereocenters. The van der Waals surface area contributed by atoms with Gasteiger partial charge in [-0.2, -0.15) is 0 Å². The van der Waals surface area contributed by atoms with Crippen LogP contribution in [0.3, 0.4) is 0 Å². The molecule has 0 spiro atoms. The molecule has 3 aromatic rings. The summed E-state index contributed by atoms with van der Waals surface area (Å²) < 4.78 is 43.6. The van der Waals surface area contributed by atoms with Gasteiger partial charge in [-0.25, -0.2) is 13.1 Å². The van der Waals surface area contributed by atoms with Crippen molar-refractivity contribution in [1.29, 1.82) is 0 Å². The van der Waals surface area contributed by atoms with Crippen LogP contribution in [0.1, 0.15) is 21.7 Å². The highest BCUT2D eigenvalue weighted by atomic mass is 32.2. The van der Waals surface area contributed by atoms with Gasteiger partial charge in [-0.1, -0.05) is 12.1 Å².